The third-order valence-electron chi connectivity index (χ3n) is 2.25. The maximum Gasteiger partial charge on any atom is 0.144 e. The molecule has 2 rings (SSSR count). The average Bonchev–Trinajstić information content (AvgIpc) is 2.31. The normalized spacial score (nSPS) is 11.7. The summed E-state index contributed by atoms with van der Waals surface area (Å²) in [6.07, 6.45) is 1.76. The molecule has 0 aliphatic carbocycles. The van der Waals surface area contributed by atoms with Crippen molar-refractivity contribution in [3.8, 4) is 0 Å². The standard InChI is InChI=1S/C11H12N4/c1-13-11(15-12)9-6-2-4-8-5-3-7-14-10(8)9/h2-7H,12H2,1H3,(H,13,15). The molecule has 0 aliphatic heterocycles. The van der Waals surface area contributed by atoms with E-state index in [1.807, 2.05) is 30.3 Å². The summed E-state index contributed by atoms with van der Waals surface area (Å²) < 4.78 is 0. The highest BCUT2D eigenvalue weighted by Crippen LogP contribution is 2.15. The van der Waals surface area contributed by atoms with E-state index in [9.17, 15) is 0 Å². The van der Waals surface area contributed by atoms with Crippen LogP contribution in [0.5, 0.6) is 0 Å². The molecule has 1 heterocycles. The Bertz CT molecular complexity index is 499. The number of nitrogens with zero attached hydrogens (tertiary/aromatic N) is 2. The van der Waals surface area contributed by atoms with Crippen molar-refractivity contribution < 1.29 is 0 Å². The van der Waals surface area contributed by atoms with Gasteiger partial charge in [-0.2, -0.15) is 0 Å². The molecule has 0 radical (unpaired) electrons. The monoisotopic (exact) mass is 200 g/mol. The summed E-state index contributed by atoms with van der Waals surface area (Å²) in [5.41, 5.74) is 4.39. The Morgan fingerprint density at radius 2 is 2.13 bits per heavy atom. The smallest absolute Gasteiger partial charge is 0.144 e. The Labute approximate surface area is 87.8 Å². The number of aliphatic imine (C=N–C) groups is 1. The van der Waals surface area contributed by atoms with Crippen molar-refractivity contribution in [3.05, 3.63) is 42.1 Å². The zero-order valence-electron chi connectivity index (χ0n) is 8.44. The number of hydrogen-bond acceptors (Lipinski definition) is 3. The molecule has 4 heteroatoms. The molecular formula is C11H12N4. The summed E-state index contributed by atoms with van der Waals surface area (Å²) in [7, 11) is 1.69. The summed E-state index contributed by atoms with van der Waals surface area (Å²) in [4.78, 5) is 8.39. The molecule has 4 nitrogen and oxygen atoms in total. The minimum absolute atomic E-state index is 0.638. The zero-order valence-corrected chi connectivity index (χ0v) is 8.44. The number of para-hydroxylation sites is 1. The fourth-order valence-corrected chi connectivity index (χ4v) is 1.56. The van der Waals surface area contributed by atoms with E-state index >= 15 is 0 Å². The van der Waals surface area contributed by atoms with Crippen molar-refractivity contribution in [2.24, 2.45) is 10.8 Å². The molecule has 0 saturated carbocycles. The molecule has 0 saturated heterocycles. The number of aromatic nitrogens is 1. The van der Waals surface area contributed by atoms with E-state index < -0.39 is 0 Å². The van der Waals surface area contributed by atoms with Crippen molar-refractivity contribution >= 4 is 16.7 Å². The van der Waals surface area contributed by atoms with Gasteiger partial charge in [-0.05, 0) is 12.1 Å². The van der Waals surface area contributed by atoms with E-state index in [4.69, 9.17) is 5.84 Å². The highest BCUT2D eigenvalue weighted by molar-refractivity contribution is 6.08. The average molecular weight is 200 g/mol. The molecule has 1 aromatic carbocycles. The van der Waals surface area contributed by atoms with E-state index in [0.29, 0.717) is 5.84 Å². The summed E-state index contributed by atoms with van der Waals surface area (Å²) >= 11 is 0. The van der Waals surface area contributed by atoms with E-state index in [1.165, 1.54) is 0 Å². The van der Waals surface area contributed by atoms with Gasteiger partial charge in [0.15, 0.2) is 0 Å². The second kappa shape index (κ2) is 4.06. The Morgan fingerprint density at radius 3 is 2.87 bits per heavy atom. The van der Waals surface area contributed by atoms with Crippen molar-refractivity contribution in [3.63, 3.8) is 0 Å². The lowest BCUT2D eigenvalue weighted by molar-refractivity contribution is 1.02. The first-order chi connectivity index (χ1) is 7.36. The topological polar surface area (TPSA) is 63.3 Å². The Balaban J connectivity index is 2.71. The first-order valence-corrected chi connectivity index (χ1v) is 4.64. The minimum Gasteiger partial charge on any atom is -0.308 e. The second-order valence-corrected chi connectivity index (χ2v) is 3.10. The Kier molecular flexibility index (Phi) is 2.60. The van der Waals surface area contributed by atoms with Gasteiger partial charge in [0.25, 0.3) is 0 Å². The van der Waals surface area contributed by atoms with Gasteiger partial charge < -0.3 is 5.43 Å². The number of pyridine rings is 1. The van der Waals surface area contributed by atoms with Crippen LogP contribution in [0.15, 0.2) is 41.5 Å². The molecule has 76 valence electrons. The second-order valence-electron chi connectivity index (χ2n) is 3.10. The van der Waals surface area contributed by atoms with Gasteiger partial charge in [0.1, 0.15) is 5.84 Å². The first-order valence-electron chi connectivity index (χ1n) is 4.64. The van der Waals surface area contributed by atoms with Gasteiger partial charge in [-0.1, -0.05) is 18.2 Å². The number of fused-ring (bicyclic) bond motifs is 1. The van der Waals surface area contributed by atoms with Gasteiger partial charge in [0, 0.05) is 24.2 Å². The van der Waals surface area contributed by atoms with Crippen LogP contribution in [0.4, 0.5) is 0 Å². The van der Waals surface area contributed by atoms with Crippen LogP contribution in [0.2, 0.25) is 0 Å². The summed E-state index contributed by atoms with van der Waals surface area (Å²) in [5.74, 6) is 6.04. The Morgan fingerprint density at radius 1 is 1.33 bits per heavy atom. The van der Waals surface area contributed by atoms with E-state index in [-0.39, 0.29) is 0 Å². The lowest BCUT2D eigenvalue weighted by atomic mass is 10.1. The summed E-state index contributed by atoms with van der Waals surface area (Å²) in [6, 6.07) is 9.83. The lowest BCUT2D eigenvalue weighted by Gasteiger charge is -2.07. The van der Waals surface area contributed by atoms with E-state index in [0.717, 1.165) is 16.5 Å². The van der Waals surface area contributed by atoms with E-state index in [1.54, 1.807) is 13.2 Å². The molecule has 0 spiro atoms. The van der Waals surface area contributed by atoms with Crippen LogP contribution in [0, 0.1) is 0 Å². The maximum atomic E-state index is 5.40. The molecule has 0 atom stereocenters. The van der Waals surface area contributed by atoms with Crippen molar-refractivity contribution in [1.82, 2.24) is 10.4 Å². The van der Waals surface area contributed by atoms with Crippen LogP contribution < -0.4 is 11.3 Å². The maximum absolute atomic E-state index is 5.40. The predicted octanol–water partition coefficient (Wildman–Crippen LogP) is 1.07. The molecular weight excluding hydrogens is 188 g/mol. The van der Waals surface area contributed by atoms with Crippen LogP contribution in [0.1, 0.15) is 5.56 Å². The summed E-state index contributed by atoms with van der Waals surface area (Å²) in [6.45, 7) is 0. The number of rotatable bonds is 1. The van der Waals surface area contributed by atoms with Gasteiger partial charge in [-0.25, -0.2) is 5.84 Å². The molecule has 0 amide bonds. The van der Waals surface area contributed by atoms with Crippen LogP contribution in [0.25, 0.3) is 10.9 Å². The number of hydrazine groups is 1. The lowest BCUT2D eigenvalue weighted by Crippen LogP contribution is -2.31. The van der Waals surface area contributed by atoms with Crippen LogP contribution in [-0.2, 0) is 0 Å². The third kappa shape index (κ3) is 1.67. The van der Waals surface area contributed by atoms with Gasteiger partial charge in [-0.3, -0.25) is 9.98 Å². The largest absolute Gasteiger partial charge is 0.308 e. The van der Waals surface area contributed by atoms with Gasteiger partial charge >= 0.3 is 0 Å². The van der Waals surface area contributed by atoms with Crippen LogP contribution in [-0.4, -0.2) is 17.9 Å². The third-order valence-corrected chi connectivity index (χ3v) is 2.25. The summed E-state index contributed by atoms with van der Waals surface area (Å²) in [5, 5.41) is 1.08. The highest BCUT2D eigenvalue weighted by Gasteiger charge is 2.06. The molecule has 1 aromatic heterocycles. The molecule has 3 N–H and O–H groups in total. The molecule has 0 fully saturated rings. The quantitative estimate of drug-likeness (QED) is 0.313. The molecule has 0 bridgehead atoms. The van der Waals surface area contributed by atoms with E-state index in [2.05, 4.69) is 15.4 Å². The highest BCUT2D eigenvalue weighted by atomic mass is 15.2. The molecule has 2 aromatic rings. The van der Waals surface area contributed by atoms with Gasteiger partial charge in [0.05, 0.1) is 5.52 Å². The SMILES string of the molecule is CN=C(NN)c1cccc2cccnc12. The fraction of sp³-hybridized carbons (Fsp3) is 0.0909. The molecule has 0 aliphatic rings. The van der Waals surface area contributed by atoms with Crippen LogP contribution in [0.3, 0.4) is 0 Å². The number of nitrogens with two attached hydrogens (primary N) is 1. The Hall–Kier alpha value is -1.94. The van der Waals surface area contributed by atoms with Crippen molar-refractivity contribution in [1.29, 1.82) is 0 Å². The molecule has 15 heavy (non-hydrogen) atoms. The van der Waals surface area contributed by atoms with Crippen molar-refractivity contribution in [2.45, 2.75) is 0 Å². The number of benzene rings is 1. The van der Waals surface area contributed by atoms with Gasteiger partial charge in [0.2, 0.25) is 0 Å². The van der Waals surface area contributed by atoms with Crippen LogP contribution >= 0.6 is 0 Å². The minimum atomic E-state index is 0.638. The molecule has 0 unspecified atom stereocenters. The van der Waals surface area contributed by atoms with Gasteiger partial charge in [-0.15, -0.1) is 0 Å². The number of nitrogens with one attached hydrogen (secondary N) is 1. The fourth-order valence-electron chi connectivity index (χ4n) is 1.56. The first kappa shape index (κ1) is 9.61. The zero-order chi connectivity index (χ0) is 10.7. The predicted molar refractivity (Wildman–Crippen MR) is 61.5 cm³/mol. The number of amidine groups is 1. The number of hydrogen-bond donors (Lipinski definition) is 2. The van der Waals surface area contributed by atoms with Crippen molar-refractivity contribution in [2.75, 3.05) is 7.05 Å².